The van der Waals surface area contributed by atoms with Crippen molar-refractivity contribution < 1.29 is 54.7 Å². The van der Waals surface area contributed by atoms with E-state index >= 15 is 0 Å². The summed E-state index contributed by atoms with van der Waals surface area (Å²) in [4.78, 5) is 0. The number of aromatic hydroxyl groups is 1. The van der Waals surface area contributed by atoms with Gasteiger partial charge in [-0.3, -0.25) is 0 Å². The lowest BCUT2D eigenvalue weighted by Gasteiger charge is -2.41. The Morgan fingerprint density at radius 1 is 1.06 bits per heavy atom. The van der Waals surface area contributed by atoms with Gasteiger partial charge in [0.15, 0.2) is 12.6 Å². The van der Waals surface area contributed by atoms with Crippen molar-refractivity contribution >= 4 is 0 Å². The third kappa shape index (κ3) is 5.75. The summed E-state index contributed by atoms with van der Waals surface area (Å²) in [5, 5.41) is 69.3. The van der Waals surface area contributed by atoms with E-state index in [4.69, 9.17) is 18.9 Å². The summed E-state index contributed by atoms with van der Waals surface area (Å²) in [7, 11) is 0. The van der Waals surface area contributed by atoms with Crippen LogP contribution in [0.5, 0.6) is 5.75 Å². The molecule has 11 nitrogen and oxygen atoms in total. The normalized spacial score (nSPS) is 38.7. The number of hydrogen-bond acceptors (Lipinski definition) is 11. The molecule has 7 N–H and O–H groups in total. The zero-order chi connectivity index (χ0) is 23.5. The van der Waals surface area contributed by atoms with E-state index < -0.39 is 55.3 Å². The fourth-order valence-corrected chi connectivity index (χ4v) is 3.62. The third-order valence-electron chi connectivity index (χ3n) is 5.82. The molecule has 0 radical (unpaired) electrons. The van der Waals surface area contributed by atoms with Gasteiger partial charge >= 0.3 is 0 Å². The van der Waals surface area contributed by atoms with Gasteiger partial charge < -0.3 is 54.7 Å². The largest absolute Gasteiger partial charge is 0.508 e. The Bertz CT molecular complexity index is 716. The van der Waals surface area contributed by atoms with Gasteiger partial charge in [-0.2, -0.15) is 0 Å². The second-order valence-electron chi connectivity index (χ2n) is 8.39. The molecule has 2 aliphatic heterocycles. The van der Waals surface area contributed by atoms with Crippen LogP contribution in [0, 0.1) is 0 Å². The van der Waals surface area contributed by atoms with Crippen LogP contribution in [0.25, 0.3) is 0 Å². The van der Waals surface area contributed by atoms with E-state index in [1.165, 1.54) is 0 Å². The van der Waals surface area contributed by atoms with Gasteiger partial charge in [0.2, 0.25) is 0 Å². The average molecular weight is 460 g/mol. The first-order chi connectivity index (χ1) is 15.1. The van der Waals surface area contributed by atoms with Gasteiger partial charge in [-0.15, -0.1) is 0 Å². The van der Waals surface area contributed by atoms with Gasteiger partial charge in [0.05, 0.1) is 25.9 Å². The summed E-state index contributed by atoms with van der Waals surface area (Å²) in [5.41, 5.74) is -0.867. The van der Waals surface area contributed by atoms with E-state index in [1.54, 1.807) is 31.2 Å². The smallest absolute Gasteiger partial charge is 0.186 e. The summed E-state index contributed by atoms with van der Waals surface area (Å²) in [6.07, 6.45) is -8.83. The SMILES string of the molecule is C[C@H](CCc1ccc(O)cc1)O[C@H]1O[C@H](CO[C@@H]2OC[C@](O)(CO)[C@H]2O)[C@@H](O)[C@H](O)[C@H]1O. The van der Waals surface area contributed by atoms with E-state index in [0.29, 0.717) is 12.8 Å². The first kappa shape index (κ1) is 25.2. The number of benzene rings is 1. The van der Waals surface area contributed by atoms with Crippen LogP contribution in [-0.4, -0.2) is 110 Å². The minimum Gasteiger partial charge on any atom is -0.508 e. The Kier molecular flexibility index (Phi) is 8.44. The summed E-state index contributed by atoms with van der Waals surface area (Å²) < 4.78 is 21.9. The first-order valence-corrected chi connectivity index (χ1v) is 10.5. The monoisotopic (exact) mass is 460 g/mol. The molecular weight excluding hydrogens is 428 g/mol. The molecule has 0 bridgehead atoms. The Hall–Kier alpha value is -1.38. The van der Waals surface area contributed by atoms with Crippen LogP contribution in [0.4, 0.5) is 0 Å². The number of phenolic OH excluding ortho intramolecular Hbond substituents is 1. The maximum atomic E-state index is 10.3. The molecule has 9 atom stereocenters. The highest BCUT2D eigenvalue weighted by Crippen LogP contribution is 2.28. The van der Waals surface area contributed by atoms with Gasteiger partial charge in [-0.1, -0.05) is 12.1 Å². The minimum absolute atomic E-state index is 0.175. The van der Waals surface area contributed by atoms with E-state index in [0.717, 1.165) is 5.56 Å². The zero-order valence-corrected chi connectivity index (χ0v) is 17.7. The summed E-state index contributed by atoms with van der Waals surface area (Å²) in [5.74, 6) is 0.175. The fourth-order valence-electron chi connectivity index (χ4n) is 3.62. The number of rotatable bonds is 9. The molecule has 11 heteroatoms. The summed E-state index contributed by atoms with van der Waals surface area (Å²) >= 11 is 0. The number of phenols is 1. The van der Waals surface area contributed by atoms with Crippen LogP contribution in [0.2, 0.25) is 0 Å². The second-order valence-corrected chi connectivity index (χ2v) is 8.39. The molecule has 0 amide bonds. The molecule has 0 aliphatic carbocycles. The van der Waals surface area contributed by atoms with E-state index in [2.05, 4.69) is 0 Å². The molecule has 1 aromatic carbocycles. The topological polar surface area (TPSA) is 179 Å². The van der Waals surface area contributed by atoms with Crippen molar-refractivity contribution in [3.05, 3.63) is 29.8 Å². The molecule has 2 aliphatic rings. The maximum Gasteiger partial charge on any atom is 0.186 e. The van der Waals surface area contributed by atoms with Crippen LogP contribution in [0.15, 0.2) is 24.3 Å². The standard InChI is InChI=1S/C21H32O11/c1-11(2-3-12-4-6-13(23)7-5-12)31-19-17(26)16(25)15(24)14(32-19)8-29-20-18(27)21(28,9-22)10-30-20/h4-7,11,14-20,22-28H,2-3,8-10H2,1H3/t11-,14-,15-,16+,17-,18+,19+,20-,21-/m1/s1. The van der Waals surface area contributed by atoms with Crippen LogP contribution in [-0.2, 0) is 25.4 Å². The van der Waals surface area contributed by atoms with Crippen molar-refractivity contribution in [2.75, 3.05) is 19.8 Å². The molecule has 2 fully saturated rings. The Labute approximate surface area is 185 Å². The van der Waals surface area contributed by atoms with Crippen molar-refractivity contribution in [2.45, 2.75) is 74.6 Å². The van der Waals surface area contributed by atoms with E-state index in [-0.39, 0.29) is 25.1 Å². The highest BCUT2D eigenvalue weighted by atomic mass is 16.7. The van der Waals surface area contributed by atoms with Gasteiger partial charge in [-0.05, 0) is 37.5 Å². The second kappa shape index (κ2) is 10.7. The number of ether oxygens (including phenoxy) is 4. The molecule has 2 saturated heterocycles. The van der Waals surface area contributed by atoms with Crippen molar-refractivity contribution in [3.8, 4) is 5.75 Å². The number of aliphatic hydroxyl groups is 6. The summed E-state index contributed by atoms with van der Waals surface area (Å²) in [6.45, 7) is 0.377. The first-order valence-electron chi connectivity index (χ1n) is 10.5. The predicted octanol–water partition coefficient (Wildman–Crippen LogP) is -2.01. The summed E-state index contributed by atoms with van der Waals surface area (Å²) in [6, 6.07) is 6.75. The number of hydrogen-bond donors (Lipinski definition) is 7. The highest BCUT2D eigenvalue weighted by Gasteiger charge is 2.50. The van der Waals surface area contributed by atoms with Crippen molar-refractivity contribution in [2.24, 2.45) is 0 Å². The molecule has 3 rings (SSSR count). The van der Waals surface area contributed by atoms with Crippen LogP contribution >= 0.6 is 0 Å². The van der Waals surface area contributed by atoms with Gasteiger partial charge in [0.1, 0.15) is 41.9 Å². The lowest BCUT2D eigenvalue weighted by Crippen LogP contribution is -2.60. The molecule has 0 saturated carbocycles. The molecule has 0 aromatic heterocycles. The van der Waals surface area contributed by atoms with Crippen LogP contribution < -0.4 is 0 Å². The third-order valence-corrected chi connectivity index (χ3v) is 5.82. The molecule has 2 heterocycles. The Morgan fingerprint density at radius 3 is 2.38 bits per heavy atom. The lowest BCUT2D eigenvalue weighted by molar-refractivity contribution is -0.317. The van der Waals surface area contributed by atoms with Crippen LogP contribution in [0.3, 0.4) is 0 Å². The molecule has 182 valence electrons. The number of aliphatic hydroxyl groups excluding tert-OH is 5. The Morgan fingerprint density at radius 2 is 1.75 bits per heavy atom. The quantitative estimate of drug-likeness (QED) is 0.217. The van der Waals surface area contributed by atoms with Crippen molar-refractivity contribution in [1.82, 2.24) is 0 Å². The fraction of sp³-hybridized carbons (Fsp3) is 0.714. The Balaban J connectivity index is 1.52. The van der Waals surface area contributed by atoms with Gasteiger partial charge in [0, 0.05) is 0 Å². The van der Waals surface area contributed by atoms with Gasteiger partial charge in [-0.25, -0.2) is 0 Å². The molecule has 0 spiro atoms. The number of aryl methyl sites for hydroxylation is 1. The van der Waals surface area contributed by atoms with E-state index in [9.17, 15) is 35.7 Å². The van der Waals surface area contributed by atoms with Crippen LogP contribution in [0.1, 0.15) is 18.9 Å². The zero-order valence-electron chi connectivity index (χ0n) is 17.7. The predicted molar refractivity (Wildman–Crippen MR) is 107 cm³/mol. The molecule has 32 heavy (non-hydrogen) atoms. The lowest BCUT2D eigenvalue weighted by atomic mass is 9.99. The average Bonchev–Trinajstić information content (AvgIpc) is 3.07. The minimum atomic E-state index is -1.86. The molecule has 0 unspecified atom stereocenters. The molecular formula is C21H32O11. The van der Waals surface area contributed by atoms with Gasteiger partial charge in [0.25, 0.3) is 0 Å². The molecule has 1 aromatic rings. The highest BCUT2D eigenvalue weighted by molar-refractivity contribution is 5.25. The maximum absolute atomic E-state index is 10.3. The van der Waals surface area contributed by atoms with Crippen molar-refractivity contribution in [1.29, 1.82) is 0 Å². The van der Waals surface area contributed by atoms with E-state index in [1.807, 2.05) is 0 Å². The van der Waals surface area contributed by atoms with Crippen molar-refractivity contribution in [3.63, 3.8) is 0 Å².